The lowest BCUT2D eigenvalue weighted by atomic mass is 10.1. The van der Waals surface area contributed by atoms with Gasteiger partial charge in [0.05, 0.1) is 12.3 Å². The van der Waals surface area contributed by atoms with Crippen molar-refractivity contribution >= 4 is 29.0 Å². The third-order valence-corrected chi connectivity index (χ3v) is 4.87. The van der Waals surface area contributed by atoms with E-state index in [1.165, 1.54) is 0 Å². The molecule has 140 valence electrons. The van der Waals surface area contributed by atoms with Crippen LogP contribution in [0, 0.1) is 5.92 Å². The molecule has 1 aliphatic carbocycles. The van der Waals surface area contributed by atoms with Gasteiger partial charge >= 0.3 is 6.03 Å². The summed E-state index contributed by atoms with van der Waals surface area (Å²) in [4.78, 5) is 26.7. The summed E-state index contributed by atoms with van der Waals surface area (Å²) in [5.74, 6) is 1.03. The number of urea groups is 1. The highest BCUT2D eigenvalue weighted by Crippen LogP contribution is 2.37. The van der Waals surface area contributed by atoms with Crippen LogP contribution in [0.5, 0.6) is 5.75 Å². The molecule has 1 heterocycles. The number of ether oxygens (including phenoxy) is 1. The maximum absolute atomic E-state index is 12.5. The Morgan fingerprint density at radius 2 is 1.96 bits per heavy atom. The summed E-state index contributed by atoms with van der Waals surface area (Å²) < 4.78 is 5.53. The van der Waals surface area contributed by atoms with Gasteiger partial charge in [0.15, 0.2) is 0 Å². The van der Waals surface area contributed by atoms with Crippen LogP contribution in [-0.2, 0) is 11.2 Å². The molecule has 0 aromatic heterocycles. The molecule has 27 heavy (non-hydrogen) atoms. The highest BCUT2D eigenvalue weighted by Gasteiger charge is 2.36. The van der Waals surface area contributed by atoms with Gasteiger partial charge < -0.3 is 20.3 Å². The molecule has 6 nitrogen and oxygen atoms in total. The fourth-order valence-electron chi connectivity index (χ4n) is 3.37. The smallest absolute Gasteiger partial charge is 0.323 e. The van der Waals surface area contributed by atoms with Crippen molar-refractivity contribution in [2.45, 2.75) is 26.2 Å². The number of benzene rings is 2. The molecule has 0 atom stereocenters. The van der Waals surface area contributed by atoms with Gasteiger partial charge in [0, 0.05) is 23.8 Å². The van der Waals surface area contributed by atoms with Crippen LogP contribution in [0.25, 0.3) is 0 Å². The SMILES string of the molecule is CCOc1ccccc1NC(=O)Nc1ccc2c(c1)N(C(=O)C1CC1)CC2. The number of carbonyl (C=O) groups excluding carboxylic acids is 2. The van der Waals surface area contributed by atoms with Gasteiger partial charge in [0.25, 0.3) is 0 Å². The summed E-state index contributed by atoms with van der Waals surface area (Å²) in [6.07, 6.45) is 2.84. The molecule has 0 bridgehead atoms. The van der Waals surface area contributed by atoms with Crippen LogP contribution >= 0.6 is 0 Å². The van der Waals surface area contributed by atoms with Crippen LogP contribution in [0.2, 0.25) is 0 Å². The van der Waals surface area contributed by atoms with Crippen molar-refractivity contribution in [2.75, 3.05) is 28.7 Å². The summed E-state index contributed by atoms with van der Waals surface area (Å²) in [5.41, 5.74) is 3.34. The molecule has 0 saturated heterocycles. The van der Waals surface area contributed by atoms with Crippen molar-refractivity contribution in [1.82, 2.24) is 0 Å². The van der Waals surface area contributed by atoms with Gasteiger partial charge in [-0.3, -0.25) is 4.79 Å². The summed E-state index contributed by atoms with van der Waals surface area (Å²) in [5, 5.41) is 5.67. The topological polar surface area (TPSA) is 70.7 Å². The molecule has 0 spiro atoms. The van der Waals surface area contributed by atoms with Crippen LogP contribution in [-0.4, -0.2) is 25.1 Å². The first-order valence-corrected chi connectivity index (χ1v) is 9.40. The van der Waals surface area contributed by atoms with E-state index in [-0.39, 0.29) is 17.9 Å². The molecule has 2 aliphatic rings. The van der Waals surface area contributed by atoms with E-state index in [1.54, 1.807) is 6.07 Å². The third kappa shape index (κ3) is 3.74. The lowest BCUT2D eigenvalue weighted by Gasteiger charge is -2.18. The molecule has 2 aromatic rings. The van der Waals surface area contributed by atoms with Crippen molar-refractivity contribution in [1.29, 1.82) is 0 Å². The molecule has 3 amide bonds. The number of rotatable bonds is 5. The monoisotopic (exact) mass is 365 g/mol. The average molecular weight is 365 g/mol. The lowest BCUT2D eigenvalue weighted by molar-refractivity contribution is -0.119. The fourth-order valence-corrected chi connectivity index (χ4v) is 3.37. The van der Waals surface area contributed by atoms with E-state index in [0.717, 1.165) is 37.1 Å². The van der Waals surface area contributed by atoms with Gasteiger partial charge in [-0.15, -0.1) is 0 Å². The van der Waals surface area contributed by atoms with Crippen LogP contribution in [0.3, 0.4) is 0 Å². The van der Waals surface area contributed by atoms with E-state index < -0.39 is 0 Å². The summed E-state index contributed by atoms with van der Waals surface area (Å²) in [6.45, 7) is 3.15. The number of nitrogens with zero attached hydrogens (tertiary/aromatic N) is 1. The zero-order valence-corrected chi connectivity index (χ0v) is 15.3. The van der Waals surface area contributed by atoms with E-state index in [9.17, 15) is 9.59 Å². The van der Waals surface area contributed by atoms with Crippen LogP contribution < -0.4 is 20.3 Å². The zero-order chi connectivity index (χ0) is 18.8. The molecule has 6 heteroatoms. The summed E-state index contributed by atoms with van der Waals surface area (Å²) >= 11 is 0. The van der Waals surface area contributed by atoms with E-state index in [2.05, 4.69) is 10.6 Å². The molecule has 1 fully saturated rings. The number of anilines is 3. The van der Waals surface area contributed by atoms with Gasteiger partial charge in [-0.25, -0.2) is 4.79 Å². The zero-order valence-electron chi connectivity index (χ0n) is 15.3. The molecule has 0 radical (unpaired) electrons. The average Bonchev–Trinajstić information content (AvgIpc) is 3.43. The number of carbonyl (C=O) groups is 2. The molecule has 2 aromatic carbocycles. The standard InChI is InChI=1S/C21H23N3O3/c1-2-27-19-6-4-3-5-17(19)23-21(26)22-16-10-9-14-11-12-24(18(14)13-16)20(25)15-7-8-15/h3-6,9-10,13,15H,2,7-8,11-12H2,1H3,(H2,22,23,26). The number of para-hydroxylation sites is 2. The number of hydrogen-bond donors (Lipinski definition) is 2. The Morgan fingerprint density at radius 3 is 2.74 bits per heavy atom. The first kappa shape index (κ1) is 17.4. The van der Waals surface area contributed by atoms with Crippen LogP contribution in [0.4, 0.5) is 21.9 Å². The Labute approximate surface area is 158 Å². The number of amides is 3. The summed E-state index contributed by atoms with van der Waals surface area (Å²) in [7, 11) is 0. The lowest BCUT2D eigenvalue weighted by Crippen LogP contribution is -2.30. The van der Waals surface area contributed by atoms with Crippen molar-refractivity contribution in [3.05, 3.63) is 48.0 Å². The number of nitrogens with one attached hydrogen (secondary N) is 2. The molecule has 4 rings (SSSR count). The van der Waals surface area contributed by atoms with E-state index >= 15 is 0 Å². The quantitative estimate of drug-likeness (QED) is 0.840. The molecule has 0 unspecified atom stereocenters. The molecular weight excluding hydrogens is 342 g/mol. The Bertz CT molecular complexity index is 877. The molecule has 1 aliphatic heterocycles. The van der Waals surface area contributed by atoms with Crippen molar-refractivity contribution < 1.29 is 14.3 Å². The predicted molar refractivity (Wildman–Crippen MR) is 105 cm³/mol. The minimum Gasteiger partial charge on any atom is -0.492 e. The van der Waals surface area contributed by atoms with Crippen LogP contribution in [0.1, 0.15) is 25.3 Å². The minimum absolute atomic E-state index is 0.186. The number of fused-ring (bicyclic) bond motifs is 1. The first-order chi connectivity index (χ1) is 13.2. The van der Waals surface area contributed by atoms with E-state index in [4.69, 9.17) is 4.74 Å². The fraction of sp³-hybridized carbons (Fsp3) is 0.333. The predicted octanol–water partition coefficient (Wildman–Crippen LogP) is 4.03. The second-order valence-corrected chi connectivity index (χ2v) is 6.87. The highest BCUT2D eigenvalue weighted by atomic mass is 16.5. The first-order valence-electron chi connectivity index (χ1n) is 9.40. The number of hydrogen-bond acceptors (Lipinski definition) is 3. The Hall–Kier alpha value is -3.02. The van der Waals surface area contributed by atoms with Crippen molar-refractivity contribution in [3.8, 4) is 5.75 Å². The highest BCUT2D eigenvalue weighted by molar-refractivity contribution is 6.02. The third-order valence-electron chi connectivity index (χ3n) is 4.87. The van der Waals surface area contributed by atoms with Gasteiger partial charge in [0.1, 0.15) is 5.75 Å². The van der Waals surface area contributed by atoms with Crippen LogP contribution in [0.15, 0.2) is 42.5 Å². The van der Waals surface area contributed by atoms with Gasteiger partial charge in [-0.1, -0.05) is 18.2 Å². The Kier molecular flexibility index (Phi) is 4.71. The Balaban J connectivity index is 1.46. The van der Waals surface area contributed by atoms with Gasteiger partial charge in [-0.05, 0) is 56.0 Å². The Morgan fingerprint density at radius 1 is 1.15 bits per heavy atom. The minimum atomic E-state index is -0.347. The van der Waals surface area contributed by atoms with Crippen molar-refractivity contribution in [2.24, 2.45) is 5.92 Å². The maximum atomic E-state index is 12.5. The second-order valence-electron chi connectivity index (χ2n) is 6.87. The van der Waals surface area contributed by atoms with Gasteiger partial charge in [-0.2, -0.15) is 0 Å². The normalized spacial score (nSPS) is 15.2. The maximum Gasteiger partial charge on any atom is 0.323 e. The van der Waals surface area contributed by atoms with E-state index in [1.807, 2.05) is 48.2 Å². The molecule has 1 saturated carbocycles. The largest absolute Gasteiger partial charge is 0.492 e. The van der Waals surface area contributed by atoms with Crippen molar-refractivity contribution in [3.63, 3.8) is 0 Å². The molecule has 2 N–H and O–H groups in total. The van der Waals surface area contributed by atoms with Gasteiger partial charge in [0.2, 0.25) is 5.91 Å². The molecular formula is C21H23N3O3. The van der Waals surface area contributed by atoms with E-state index in [0.29, 0.717) is 23.7 Å². The second kappa shape index (κ2) is 7.31. The summed E-state index contributed by atoms with van der Waals surface area (Å²) in [6, 6.07) is 12.7.